The van der Waals surface area contributed by atoms with Gasteiger partial charge < -0.3 is 19.8 Å². The van der Waals surface area contributed by atoms with Crippen molar-refractivity contribution in [2.45, 2.75) is 150 Å². The fraction of sp³-hybridized carbons (Fsp3) is 0.857. The predicted octanol–water partition coefficient (Wildman–Crippen LogP) is 8.95. The van der Waals surface area contributed by atoms with Gasteiger partial charge in [0, 0.05) is 0 Å². The molecule has 0 aliphatic carbocycles. The molecule has 0 bridgehead atoms. The van der Waals surface area contributed by atoms with Gasteiger partial charge in [0.1, 0.15) is 17.8 Å². The fourth-order valence-electron chi connectivity index (χ4n) is 6.09. The van der Waals surface area contributed by atoms with E-state index in [1.54, 1.807) is 0 Å². The van der Waals surface area contributed by atoms with E-state index in [9.17, 15) is 29.7 Å². The van der Waals surface area contributed by atoms with Crippen molar-refractivity contribution in [2.75, 3.05) is 26.2 Å². The molecule has 0 aromatic rings. The summed E-state index contributed by atoms with van der Waals surface area (Å²) in [6.07, 6.45) is 25.8. The van der Waals surface area contributed by atoms with Gasteiger partial charge in [0.05, 0.1) is 26.2 Å². The molecular formula is C35H66NO6+. The van der Waals surface area contributed by atoms with Crippen molar-refractivity contribution >= 4 is 17.9 Å². The first-order valence-electron chi connectivity index (χ1n) is 17.3. The van der Waals surface area contributed by atoms with Crippen molar-refractivity contribution in [3.8, 4) is 0 Å². The third-order valence-corrected chi connectivity index (χ3v) is 8.99. The largest absolute Gasteiger partial charge is 0.481 e. The van der Waals surface area contributed by atoms with Crippen LogP contribution in [-0.4, -0.2) is 63.9 Å². The molecule has 0 rings (SSSR count). The van der Waals surface area contributed by atoms with E-state index in [0.29, 0.717) is 25.8 Å². The van der Waals surface area contributed by atoms with Crippen LogP contribution in [0, 0.1) is 17.8 Å². The van der Waals surface area contributed by atoms with E-state index < -0.39 is 35.7 Å². The van der Waals surface area contributed by atoms with Crippen molar-refractivity contribution in [2.24, 2.45) is 17.8 Å². The molecule has 0 heterocycles. The second-order valence-corrected chi connectivity index (χ2v) is 12.6. The molecule has 0 aliphatic heterocycles. The Bertz CT molecular complexity index is 677. The van der Waals surface area contributed by atoms with Crippen LogP contribution in [-0.2, 0) is 14.4 Å². The van der Waals surface area contributed by atoms with Crippen LogP contribution in [0.1, 0.15) is 150 Å². The lowest BCUT2D eigenvalue weighted by atomic mass is 9.95. The second kappa shape index (κ2) is 25.6. The Morgan fingerprint density at radius 1 is 0.500 bits per heavy atom. The zero-order valence-electron chi connectivity index (χ0n) is 27.7. The Hall–Kier alpha value is -1.89. The molecule has 0 fully saturated rings. The highest BCUT2D eigenvalue weighted by atomic mass is 16.4. The molecule has 3 N–H and O–H groups in total. The standard InChI is InChI=1S/C35H65NO6/c1-5-9-10-11-12-13-14-15-16-17-18-19-20-21-22-23-24-25-26-36(27-30(6-2)33(37)38,28-31(7-3)34(39)40)29-32(8-4)35(41)42/h21-22,30-32H,5-20,23-29H2,1-4H3,(H2-,37,38,39,40,41,42)/p+1/b22-21+. The van der Waals surface area contributed by atoms with Crippen LogP contribution >= 0.6 is 0 Å². The number of carbonyl (C=O) groups is 3. The van der Waals surface area contributed by atoms with Gasteiger partial charge in [-0.2, -0.15) is 0 Å². The summed E-state index contributed by atoms with van der Waals surface area (Å²) >= 11 is 0. The molecule has 0 amide bonds. The van der Waals surface area contributed by atoms with Crippen LogP contribution in [0.2, 0.25) is 0 Å². The third-order valence-electron chi connectivity index (χ3n) is 8.99. The maximum Gasteiger partial charge on any atom is 0.312 e. The average molecular weight is 597 g/mol. The molecule has 246 valence electrons. The van der Waals surface area contributed by atoms with Crippen LogP contribution in [0.5, 0.6) is 0 Å². The van der Waals surface area contributed by atoms with E-state index in [1.165, 1.54) is 77.0 Å². The monoisotopic (exact) mass is 596 g/mol. The molecule has 7 heteroatoms. The lowest BCUT2D eigenvalue weighted by Crippen LogP contribution is -2.58. The first-order chi connectivity index (χ1) is 20.2. The Morgan fingerprint density at radius 3 is 1.12 bits per heavy atom. The van der Waals surface area contributed by atoms with E-state index in [1.807, 2.05) is 20.8 Å². The van der Waals surface area contributed by atoms with Gasteiger partial charge in [-0.25, -0.2) is 0 Å². The molecule has 3 unspecified atom stereocenters. The zero-order chi connectivity index (χ0) is 31.6. The highest BCUT2D eigenvalue weighted by molar-refractivity contribution is 5.71. The lowest BCUT2D eigenvalue weighted by Gasteiger charge is -2.43. The number of aliphatic carboxylic acids is 3. The first-order valence-corrected chi connectivity index (χ1v) is 17.3. The van der Waals surface area contributed by atoms with E-state index in [4.69, 9.17) is 0 Å². The number of carboxylic acid groups (broad SMARTS) is 3. The van der Waals surface area contributed by atoms with Crippen LogP contribution in [0.25, 0.3) is 0 Å². The van der Waals surface area contributed by atoms with Crippen LogP contribution in [0.3, 0.4) is 0 Å². The second-order valence-electron chi connectivity index (χ2n) is 12.6. The number of hydrogen-bond acceptors (Lipinski definition) is 3. The van der Waals surface area contributed by atoms with Gasteiger partial charge in [-0.1, -0.05) is 110 Å². The summed E-state index contributed by atoms with van der Waals surface area (Å²) < 4.78 is 0.239. The number of nitrogens with zero attached hydrogens (tertiary/aromatic N) is 1. The van der Waals surface area contributed by atoms with Gasteiger partial charge in [0.2, 0.25) is 0 Å². The quantitative estimate of drug-likeness (QED) is 0.0433. The van der Waals surface area contributed by atoms with Gasteiger partial charge in [-0.3, -0.25) is 14.4 Å². The van der Waals surface area contributed by atoms with Crippen LogP contribution < -0.4 is 0 Å². The summed E-state index contributed by atoms with van der Waals surface area (Å²) in [5.41, 5.74) is 0. The lowest BCUT2D eigenvalue weighted by molar-refractivity contribution is -0.935. The average Bonchev–Trinajstić information content (AvgIpc) is 2.96. The summed E-state index contributed by atoms with van der Waals surface area (Å²) in [6.45, 7) is 9.17. The summed E-state index contributed by atoms with van der Waals surface area (Å²) in [5.74, 6) is -4.57. The molecule has 0 aromatic carbocycles. The van der Waals surface area contributed by atoms with Crippen molar-refractivity contribution in [3.05, 3.63) is 12.2 Å². The Morgan fingerprint density at radius 2 is 0.810 bits per heavy atom. The van der Waals surface area contributed by atoms with Gasteiger partial charge in [0.25, 0.3) is 0 Å². The molecule has 0 saturated heterocycles. The van der Waals surface area contributed by atoms with Gasteiger partial charge in [-0.15, -0.1) is 0 Å². The smallest absolute Gasteiger partial charge is 0.312 e. The Balaban J connectivity index is 4.77. The summed E-state index contributed by atoms with van der Waals surface area (Å²) in [7, 11) is 0. The minimum atomic E-state index is -0.896. The highest BCUT2D eigenvalue weighted by Gasteiger charge is 2.40. The third kappa shape index (κ3) is 19.3. The van der Waals surface area contributed by atoms with Crippen LogP contribution in [0.4, 0.5) is 0 Å². The molecule has 0 saturated carbocycles. The topological polar surface area (TPSA) is 112 Å². The maximum absolute atomic E-state index is 12.0. The molecule has 7 nitrogen and oxygen atoms in total. The number of allylic oxidation sites excluding steroid dienone is 2. The Kier molecular flexibility index (Phi) is 24.4. The molecule has 0 aliphatic rings. The van der Waals surface area contributed by atoms with Gasteiger partial charge >= 0.3 is 17.9 Å². The fourth-order valence-corrected chi connectivity index (χ4v) is 6.09. The minimum Gasteiger partial charge on any atom is -0.481 e. The normalized spacial score (nSPS) is 15.3. The minimum absolute atomic E-state index is 0.239. The van der Waals surface area contributed by atoms with E-state index in [2.05, 4.69) is 19.1 Å². The van der Waals surface area contributed by atoms with Crippen molar-refractivity contribution in [1.29, 1.82) is 0 Å². The predicted molar refractivity (Wildman–Crippen MR) is 173 cm³/mol. The van der Waals surface area contributed by atoms with Crippen molar-refractivity contribution < 1.29 is 34.2 Å². The highest BCUT2D eigenvalue weighted by Crippen LogP contribution is 2.25. The van der Waals surface area contributed by atoms with Crippen molar-refractivity contribution in [1.82, 2.24) is 0 Å². The molecule has 0 radical (unpaired) electrons. The molecule has 42 heavy (non-hydrogen) atoms. The van der Waals surface area contributed by atoms with Crippen molar-refractivity contribution in [3.63, 3.8) is 0 Å². The number of hydrogen-bond donors (Lipinski definition) is 3. The number of quaternary nitrogens is 1. The Labute approximate surface area is 257 Å². The SMILES string of the molecule is CCCCCCCCCCCCCC/C=C/CCCC[N+](CC(CC)C(=O)O)(CC(CC)C(=O)O)CC(CC)C(=O)O. The summed E-state index contributed by atoms with van der Waals surface area (Å²) in [5, 5.41) is 29.4. The number of unbranched alkanes of at least 4 members (excludes halogenated alkanes) is 14. The maximum atomic E-state index is 12.0. The van der Waals surface area contributed by atoms with E-state index in [-0.39, 0.29) is 24.1 Å². The summed E-state index contributed by atoms with van der Waals surface area (Å²) in [4.78, 5) is 35.9. The number of rotatable bonds is 30. The molecule has 3 atom stereocenters. The summed E-state index contributed by atoms with van der Waals surface area (Å²) in [6, 6.07) is 0. The van der Waals surface area contributed by atoms with Crippen LogP contribution in [0.15, 0.2) is 12.2 Å². The zero-order valence-corrected chi connectivity index (χ0v) is 27.7. The molecule has 0 aromatic heterocycles. The first kappa shape index (κ1) is 40.1. The van der Waals surface area contributed by atoms with Gasteiger partial charge in [-0.05, 0) is 51.4 Å². The molecular weight excluding hydrogens is 530 g/mol. The van der Waals surface area contributed by atoms with E-state index in [0.717, 1.165) is 25.7 Å². The van der Waals surface area contributed by atoms with E-state index >= 15 is 0 Å². The van der Waals surface area contributed by atoms with Gasteiger partial charge in [0.15, 0.2) is 0 Å². The molecule has 0 spiro atoms. The number of carboxylic acids is 3.